The molecule has 0 saturated carbocycles. The van der Waals surface area contributed by atoms with Gasteiger partial charge in [0.15, 0.2) is 0 Å². The molecule has 1 atom stereocenters. The van der Waals surface area contributed by atoms with Gasteiger partial charge in [-0.25, -0.2) is 18.6 Å². The second-order valence-corrected chi connectivity index (χ2v) is 6.21. The molecule has 1 fully saturated rings. The fourth-order valence-electron chi connectivity index (χ4n) is 3.07. The van der Waals surface area contributed by atoms with Crippen LogP contribution in [0.3, 0.4) is 0 Å². The van der Waals surface area contributed by atoms with Crippen molar-refractivity contribution in [2.75, 3.05) is 13.1 Å². The van der Waals surface area contributed by atoms with E-state index < -0.39 is 17.7 Å². The smallest absolute Gasteiger partial charge is 0.341 e. The number of likely N-dealkylation sites (tertiary alicyclic amines) is 1. The predicted molar refractivity (Wildman–Crippen MR) is 89.7 cm³/mol. The van der Waals surface area contributed by atoms with Gasteiger partial charge >= 0.3 is 6.03 Å². The highest BCUT2D eigenvalue weighted by Crippen LogP contribution is 2.31. The molecule has 0 bridgehead atoms. The van der Waals surface area contributed by atoms with Gasteiger partial charge in [-0.2, -0.15) is 5.10 Å². The SMILES string of the molecule is O=C(N1CC(Oc2ccncc2)C1)N1N=CC[C@H]1c1cc(F)cc(F)c1. The van der Waals surface area contributed by atoms with Gasteiger partial charge in [0.25, 0.3) is 0 Å². The van der Waals surface area contributed by atoms with Crippen LogP contribution in [0.4, 0.5) is 13.6 Å². The first-order chi connectivity index (χ1) is 12.6. The minimum absolute atomic E-state index is 0.0991. The zero-order valence-corrected chi connectivity index (χ0v) is 13.8. The third-order valence-corrected chi connectivity index (χ3v) is 4.37. The molecule has 2 aromatic rings. The summed E-state index contributed by atoms with van der Waals surface area (Å²) in [6.45, 7) is 0.856. The number of amides is 2. The third kappa shape index (κ3) is 3.22. The third-order valence-electron chi connectivity index (χ3n) is 4.37. The Morgan fingerprint density at radius 1 is 1.12 bits per heavy atom. The number of rotatable bonds is 3. The maximum atomic E-state index is 13.5. The monoisotopic (exact) mass is 358 g/mol. The molecular weight excluding hydrogens is 342 g/mol. The number of pyridine rings is 1. The maximum Gasteiger partial charge on any atom is 0.341 e. The molecule has 0 aliphatic carbocycles. The first kappa shape index (κ1) is 16.4. The molecule has 2 amide bonds. The van der Waals surface area contributed by atoms with Crippen molar-refractivity contribution < 1.29 is 18.3 Å². The van der Waals surface area contributed by atoms with E-state index in [9.17, 15) is 13.6 Å². The van der Waals surface area contributed by atoms with Crippen molar-refractivity contribution in [3.8, 4) is 5.75 Å². The lowest BCUT2D eigenvalue weighted by Crippen LogP contribution is -2.58. The second-order valence-electron chi connectivity index (χ2n) is 6.21. The number of hydrazone groups is 1. The van der Waals surface area contributed by atoms with Crippen LogP contribution in [0.25, 0.3) is 0 Å². The first-order valence-electron chi connectivity index (χ1n) is 8.23. The van der Waals surface area contributed by atoms with E-state index in [4.69, 9.17) is 4.74 Å². The highest BCUT2D eigenvalue weighted by molar-refractivity contribution is 5.79. The van der Waals surface area contributed by atoms with Gasteiger partial charge in [-0.3, -0.25) is 4.98 Å². The van der Waals surface area contributed by atoms with E-state index in [0.29, 0.717) is 30.8 Å². The van der Waals surface area contributed by atoms with Crippen molar-refractivity contribution in [1.82, 2.24) is 14.9 Å². The minimum atomic E-state index is -0.672. The van der Waals surface area contributed by atoms with Crippen LogP contribution in [-0.4, -0.2) is 46.3 Å². The van der Waals surface area contributed by atoms with E-state index in [1.165, 1.54) is 17.1 Å². The molecule has 8 heteroatoms. The van der Waals surface area contributed by atoms with Crippen molar-refractivity contribution in [3.05, 3.63) is 59.9 Å². The molecule has 2 aliphatic heterocycles. The topological polar surface area (TPSA) is 58.0 Å². The Balaban J connectivity index is 1.39. The Labute approximate surface area is 148 Å². The highest BCUT2D eigenvalue weighted by Gasteiger charge is 2.39. The van der Waals surface area contributed by atoms with E-state index in [-0.39, 0.29) is 12.1 Å². The molecule has 1 saturated heterocycles. The first-order valence-corrected chi connectivity index (χ1v) is 8.23. The normalized spacial score (nSPS) is 19.5. The zero-order valence-electron chi connectivity index (χ0n) is 13.8. The molecule has 2 aliphatic rings. The summed E-state index contributed by atoms with van der Waals surface area (Å²) in [6, 6.07) is 5.97. The lowest BCUT2D eigenvalue weighted by atomic mass is 10.0. The average molecular weight is 358 g/mol. The molecule has 0 radical (unpaired) electrons. The molecule has 4 rings (SSSR count). The summed E-state index contributed by atoms with van der Waals surface area (Å²) in [5.74, 6) is -0.646. The Bertz CT molecular complexity index is 820. The predicted octanol–water partition coefficient (Wildman–Crippen LogP) is 2.98. The van der Waals surface area contributed by atoms with Crippen LogP contribution < -0.4 is 4.74 Å². The summed E-state index contributed by atoms with van der Waals surface area (Å²) in [5.41, 5.74) is 0.387. The Kier molecular flexibility index (Phi) is 4.24. The Morgan fingerprint density at radius 3 is 2.50 bits per heavy atom. The molecular formula is C18H16F2N4O2. The summed E-state index contributed by atoms with van der Waals surface area (Å²) >= 11 is 0. The second kappa shape index (κ2) is 6.70. The number of benzene rings is 1. The number of carbonyl (C=O) groups is 1. The number of ether oxygens (including phenoxy) is 1. The number of hydrogen-bond donors (Lipinski definition) is 0. The van der Waals surface area contributed by atoms with Gasteiger partial charge < -0.3 is 9.64 Å². The van der Waals surface area contributed by atoms with E-state index in [1.54, 1.807) is 35.6 Å². The van der Waals surface area contributed by atoms with Gasteiger partial charge in [-0.15, -0.1) is 0 Å². The summed E-state index contributed by atoms with van der Waals surface area (Å²) in [4.78, 5) is 18.2. The van der Waals surface area contributed by atoms with Gasteiger partial charge in [-0.1, -0.05) is 0 Å². The fraction of sp³-hybridized carbons (Fsp3) is 0.278. The summed E-state index contributed by atoms with van der Waals surface area (Å²) in [6.07, 6.45) is 5.17. The van der Waals surface area contributed by atoms with Crippen LogP contribution in [0.1, 0.15) is 18.0 Å². The van der Waals surface area contributed by atoms with E-state index in [0.717, 1.165) is 6.07 Å². The lowest BCUT2D eigenvalue weighted by Gasteiger charge is -2.41. The van der Waals surface area contributed by atoms with E-state index in [2.05, 4.69) is 10.1 Å². The quantitative estimate of drug-likeness (QED) is 0.848. The van der Waals surface area contributed by atoms with Crippen LogP contribution in [0.15, 0.2) is 47.8 Å². The van der Waals surface area contributed by atoms with Crippen molar-refractivity contribution in [1.29, 1.82) is 0 Å². The summed E-state index contributed by atoms with van der Waals surface area (Å²) in [7, 11) is 0. The number of hydrogen-bond acceptors (Lipinski definition) is 4. The van der Waals surface area contributed by atoms with Crippen LogP contribution in [0.2, 0.25) is 0 Å². The number of aromatic nitrogens is 1. The van der Waals surface area contributed by atoms with Gasteiger partial charge in [0.2, 0.25) is 0 Å². The van der Waals surface area contributed by atoms with E-state index >= 15 is 0 Å². The largest absolute Gasteiger partial charge is 0.487 e. The molecule has 26 heavy (non-hydrogen) atoms. The van der Waals surface area contributed by atoms with Crippen LogP contribution in [0, 0.1) is 11.6 Å². The molecule has 1 aromatic heterocycles. The van der Waals surface area contributed by atoms with Crippen LogP contribution in [-0.2, 0) is 0 Å². The zero-order chi connectivity index (χ0) is 18.1. The van der Waals surface area contributed by atoms with Crippen LogP contribution >= 0.6 is 0 Å². The van der Waals surface area contributed by atoms with Gasteiger partial charge in [0.1, 0.15) is 23.5 Å². The molecule has 1 aromatic carbocycles. The molecule has 0 unspecified atom stereocenters. The minimum Gasteiger partial charge on any atom is -0.487 e. The average Bonchev–Trinajstić information content (AvgIpc) is 3.07. The molecule has 0 N–H and O–H groups in total. The Morgan fingerprint density at radius 2 is 1.81 bits per heavy atom. The molecule has 134 valence electrons. The molecule has 3 heterocycles. The van der Waals surface area contributed by atoms with Crippen LogP contribution in [0.5, 0.6) is 5.75 Å². The Hall–Kier alpha value is -3.03. The maximum absolute atomic E-state index is 13.5. The van der Waals surface area contributed by atoms with Crippen molar-refractivity contribution in [2.24, 2.45) is 5.10 Å². The fourth-order valence-corrected chi connectivity index (χ4v) is 3.07. The van der Waals surface area contributed by atoms with Crippen molar-refractivity contribution in [3.63, 3.8) is 0 Å². The molecule has 6 nitrogen and oxygen atoms in total. The lowest BCUT2D eigenvalue weighted by molar-refractivity contribution is 0.0276. The number of carbonyl (C=O) groups excluding carboxylic acids is 1. The van der Waals surface area contributed by atoms with Crippen molar-refractivity contribution in [2.45, 2.75) is 18.6 Å². The van der Waals surface area contributed by atoms with Gasteiger partial charge in [-0.05, 0) is 29.8 Å². The number of halogens is 2. The molecule has 0 spiro atoms. The highest BCUT2D eigenvalue weighted by atomic mass is 19.1. The summed E-state index contributed by atoms with van der Waals surface area (Å²) in [5, 5.41) is 5.36. The number of nitrogens with zero attached hydrogens (tertiary/aromatic N) is 4. The van der Waals surface area contributed by atoms with E-state index in [1.807, 2.05) is 0 Å². The summed E-state index contributed by atoms with van der Waals surface area (Å²) < 4.78 is 32.7. The van der Waals surface area contributed by atoms with Gasteiger partial charge in [0, 0.05) is 31.1 Å². The standard InChI is InChI=1S/C18H16F2N4O2/c19-13-7-12(8-14(20)9-13)17-3-6-22-24(17)18(25)23-10-16(11-23)26-15-1-4-21-5-2-15/h1-2,4-9,16-17H,3,10-11H2/t17-/m0/s1. The van der Waals surface area contributed by atoms with Crippen molar-refractivity contribution >= 4 is 12.2 Å². The van der Waals surface area contributed by atoms with Gasteiger partial charge in [0.05, 0.1) is 19.1 Å². The number of urea groups is 1.